The van der Waals surface area contributed by atoms with Gasteiger partial charge < -0.3 is 19.3 Å². The molecule has 7 nitrogen and oxygen atoms in total. The predicted octanol–water partition coefficient (Wildman–Crippen LogP) is 13.7. The van der Waals surface area contributed by atoms with E-state index < -0.39 is 13.9 Å². The second-order valence-electron chi connectivity index (χ2n) is 15.0. The Morgan fingerprint density at radius 2 is 0.760 bits per heavy atom. The number of carbonyl (C=O) groups is 1. The summed E-state index contributed by atoms with van der Waals surface area (Å²) >= 11 is 0. The van der Waals surface area contributed by atoms with E-state index in [1.807, 2.05) is 0 Å². The number of carbonyl (C=O) groups excluding carboxylic acids is 1. The van der Waals surface area contributed by atoms with Gasteiger partial charge in [0.1, 0.15) is 6.10 Å². The summed E-state index contributed by atoms with van der Waals surface area (Å²) in [6.45, 7) is 4.81. The van der Waals surface area contributed by atoms with Gasteiger partial charge >= 0.3 is 13.8 Å². The lowest BCUT2D eigenvalue weighted by atomic mass is 10.0. The molecule has 0 fully saturated rings. The molecule has 0 aromatic carbocycles. The fourth-order valence-electron chi connectivity index (χ4n) is 6.68. The van der Waals surface area contributed by atoms with E-state index in [-0.39, 0.29) is 19.2 Å². The van der Waals surface area contributed by atoms with Crippen molar-refractivity contribution in [3.63, 3.8) is 0 Å². The monoisotopic (exact) mass is 733 g/mol. The molecule has 0 heterocycles. The summed E-state index contributed by atoms with van der Waals surface area (Å²) < 4.78 is 27.0. The summed E-state index contributed by atoms with van der Waals surface area (Å²) in [6.07, 6.45) is 43.9. The maximum absolute atomic E-state index is 12.4. The number of hydrogen-bond acceptors (Lipinski definition) is 5. The van der Waals surface area contributed by atoms with Gasteiger partial charge in [0.15, 0.2) is 0 Å². The zero-order valence-corrected chi connectivity index (χ0v) is 34.2. The Morgan fingerprint density at radius 1 is 0.460 bits per heavy atom. The molecule has 0 aromatic heterocycles. The van der Waals surface area contributed by atoms with Gasteiger partial charge in [-0.05, 0) is 12.8 Å². The van der Waals surface area contributed by atoms with E-state index in [0.717, 1.165) is 32.1 Å². The normalized spacial score (nSPS) is 12.5. The van der Waals surface area contributed by atoms with E-state index in [0.29, 0.717) is 13.0 Å². The SMILES string of the molecule is CCCCCCCCCCCCCCCCCCCCCCC(=O)O[C@H](COCCCCCCCCCCCCCCCC)COP(=O)(O)O. The van der Waals surface area contributed by atoms with Crippen molar-refractivity contribution >= 4 is 13.8 Å². The molecule has 0 spiro atoms. The molecule has 0 rings (SSSR count). The van der Waals surface area contributed by atoms with Gasteiger partial charge in [-0.1, -0.05) is 219 Å². The highest BCUT2D eigenvalue weighted by atomic mass is 31.2. The third-order valence-electron chi connectivity index (χ3n) is 9.91. The van der Waals surface area contributed by atoms with Crippen molar-refractivity contribution in [2.75, 3.05) is 19.8 Å². The van der Waals surface area contributed by atoms with Gasteiger partial charge in [0.05, 0.1) is 13.2 Å². The van der Waals surface area contributed by atoms with Crippen molar-refractivity contribution in [3.8, 4) is 0 Å². The maximum atomic E-state index is 12.4. The van der Waals surface area contributed by atoms with Crippen LogP contribution in [0.1, 0.15) is 239 Å². The fraction of sp³-hybridized carbons (Fsp3) is 0.976. The Kier molecular flexibility index (Phi) is 39.4. The Morgan fingerprint density at radius 3 is 1.08 bits per heavy atom. The van der Waals surface area contributed by atoms with Crippen LogP contribution in [0, 0.1) is 0 Å². The van der Waals surface area contributed by atoms with E-state index in [1.54, 1.807) is 0 Å². The van der Waals surface area contributed by atoms with Crippen LogP contribution >= 0.6 is 7.82 Å². The van der Waals surface area contributed by atoms with Crippen molar-refractivity contribution < 1.29 is 33.1 Å². The number of rotatable bonds is 42. The summed E-state index contributed by atoms with van der Waals surface area (Å²) in [5.74, 6) is -0.355. The molecule has 0 aliphatic heterocycles. The standard InChI is InChI=1S/C42H85O7P/c1-3-5-7-9-11-13-15-17-19-20-21-22-23-24-25-27-29-31-33-35-37-42(43)49-41(40-48-50(44,45)46)39-47-38-36-34-32-30-28-26-18-16-14-12-10-8-6-4-2/h41H,3-40H2,1-2H3,(H2,44,45,46)/t41-/m1/s1. The lowest BCUT2D eigenvalue weighted by Crippen LogP contribution is -2.28. The molecule has 0 radical (unpaired) electrons. The van der Waals surface area contributed by atoms with Crippen molar-refractivity contribution in [1.29, 1.82) is 0 Å². The highest BCUT2D eigenvalue weighted by molar-refractivity contribution is 7.46. The van der Waals surface area contributed by atoms with Crippen LogP contribution < -0.4 is 0 Å². The summed E-state index contributed by atoms with van der Waals surface area (Å²) in [7, 11) is -4.64. The summed E-state index contributed by atoms with van der Waals surface area (Å²) in [5.41, 5.74) is 0. The molecule has 0 aromatic rings. The molecular formula is C42H85O7P. The highest BCUT2D eigenvalue weighted by Gasteiger charge is 2.21. The van der Waals surface area contributed by atoms with Gasteiger partial charge in [0.2, 0.25) is 0 Å². The van der Waals surface area contributed by atoms with E-state index in [1.165, 1.54) is 186 Å². The van der Waals surface area contributed by atoms with E-state index in [4.69, 9.17) is 19.3 Å². The molecule has 0 saturated heterocycles. The molecule has 2 N–H and O–H groups in total. The average Bonchev–Trinajstić information content (AvgIpc) is 3.09. The summed E-state index contributed by atoms with van der Waals surface area (Å²) in [5, 5.41) is 0. The number of phosphoric ester groups is 1. The zero-order valence-electron chi connectivity index (χ0n) is 33.3. The summed E-state index contributed by atoms with van der Waals surface area (Å²) in [6, 6.07) is 0. The predicted molar refractivity (Wildman–Crippen MR) is 212 cm³/mol. The highest BCUT2D eigenvalue weighted by Crippen LogP contribution is 2.36. The first-order valence-electron chi connectivity index (χ1n) is 21.9. The van der Waals surface area contributed by atoms with Gasteiger partial charge in [0, 0.05) is 13.0 Å². The number of unbranched alkanes of at least 4 members (excludes halogenated alkanes) is 32. The molecule has 8 heteroatoms. The summed E-state index contributed by atoms with van der Waals surface area (Å²) in [4.78, 5) is 30.6. The molecule has 0 bridgehead atoms. The topological polar surface area (TPSA) is 102 Å². The number of esters is 1. The van der Waals surface area contributed by atoms with Gasteiger partial charge in [-0.15, -0.1) is 0 Å². The third-order valence-corrected chi connectivity index (χ3v) is 10.4. The molecule has 0 saturated carbocycles. The average molecular weight is 733 g/mol. The number of phosphoric acid groups is 1. The quantitative estimate of drug-likeness (QED) is 0.0366. The minimum Gasteiger partial charge on any atom is -0.457 e. The Labute approximate surface area is 310 Å². The zero-order chi connectivity index (χ0) is 36.6. The molecule has 0 aliphatic rings. The van der Waals surface area contributed by atoms with Gasteiger partial charge in [-0.25, -0.2) is 4.57 Å². The van der Waals surface area contributed by atoms with Crippen molar-refractivity contribution in [3.05, 3.63) is 0 Å². The number of hydrogen-bond donors (Lipinski definition) is 2. The van der Waals surface area contributed by atoms with Crippen molar-refractivity contribution in [2.45, 2.75) is 245 Å². The van der Waals surface area contributed by atoms with Crippen LogP contribution in [-0.2, 0) is 23.4 Å². The molecular weight excluding hydrogens is 647 g/mol. The van der Waals surface area contributed by atoms with E-state index in [2.05, 4.69) is 18.4 Å². The molecule has 50 heavy (non-hydrogen) atoms. The lowest BCUT2D eigenvalue weighted by Gasteiger charge is -2.18. The van der Waals surface area contributed by atoms with Crippen LogP contribution in [0.3, 0.4) is 0 Å². The van der Waals surface area contributed by atoms with Gasteiger partial charge in [0.25, 0.3) is 0 Å². The Hall–Kier alpha value is -0.460. The smallest absolute Gasteiger partial charge is 0.457 e. The second-order valence-corrected chi connectivity index (χ2v) is 16.3. The van der Waals surface area contributed by atoms with Crippen LogP contribution in [-0.4, -0.2) is 41.7 Å². The van der Waals surface area contributed by atoms with Crippen LogP contribution in [0.15, 0.2) is 0 Å². The minimum atomic E-state index is -4.64. The minimum absolute atomic E-state index is 0.0867. The first kappa shape index (κ1) is 49.5. The Balaban J connectivity index is 3.70. The molecule has 0 aliphatic carbocycles. The third kappa shape index (κ3) is 42.0. The Bertz CT molecular complexity index is 729. The molecule has 1 atom stereocenters. The first-order valence-corrected chi connectivity index (χ1v) is 23.4. The van der Waals surface area contributed by atoms with E-state index >= 15 is 0 Å². The second kappa shape index (κ2) is 39.7. The van der Waals surface area contributed by atoms with Gasteiger partial charge in [-0.3, -0.25) is 9.32 Å². The van der Waals surface area contributed by atoms with E-state index in [9.17, 15) is 9.36 Å². The van der Waals surface area contributed by atoms with Crippen LogP contribution in [0.5, 0.6) is 0 Å². The lowest BCUT2D eigenvalue weighted by molar-refractivity contribution is -0.154. The fourth-order valence-corrected chi connectivity index (χ4v) is 7.04. The van der Waals surface area contributed by atoms with Crippen molar-refractivity contribution in [2.24, 2.45) is 0 Å². The van der Waals surface area contributed by atoms with Gasteiger partial charge in [-0.2, -0.15) is 0 Å². The van der Waals surface area contributed by atoms with Crippen molar-refractivity contribution in [1.82, 2.24) is 0 Å². The van der Waals surface area contributed by atoms with Crippen LogP contribution in [0.2, 0.25) is 0 Å². The molecule has 0 unspecified atom stereocenters. The molecule has 300 valence electrons. The van der Waals surface area contributed by atoms with Crippen LogP contribution in [0.4, 0.5) is 0 Å². The number of ether oxygens (including phenoxy) is 2. The molecule has 0 amide bonds. The first-order chi connectivity index (χ1) is 24.4. The largest absolute Gasteiger partial charge is 0.469 e. The van der Waals surface area contributed by atoms with Crippen LogP contribution in [0.25, 0.3) is 0 Å². The maximum Gasteiger partial charge on any atom is 0.469 e.